The highest BCUT2D eigenvalue weighted by Gasteiger charge is 2.30. The molecule has 0 radical (unpaired) electrons. The number of alkyl halides is 3. The Hall–Kier alpha value is -3.30. The summed E-state index contributed by atoms with van der Waals surface area (Å²) in [6, 6.07) is 7.46. The normalized spacial score (nSPS) is 11.4. The molecule has 0 bridgehead atoms. The van der Waals surface area contributed by atoms with Gasteiger partial charge in [0.1, 0.15) is 12.1 Å². The van der Waals surface area contributed by atoms with E-state index < -0.39 is 23.5 Å². The Kier molecular flexibility index (Phi) is 4.17. The number of tetrazole rings is 1. The third-order valence-electron chi connectivity index (χ3n) is 3.25. The summed E-state index contributed by atoms with van der Waals surface area (Å²) in [5.74, 6) is -1.49. The molecule has 1 aromatic heterocycles. The van der Waals surface area contributed by atoms with E-state index in [0.717, 1.165) is 35.0 Å². The van der Waals surface area contributed by atoms with E-state index in [1.165, 1.54) is 18.5 Å². The van der Waals surface area contributed by atoms with Crippen LogP contribution in [0.4, 0.5) is 23.2 Å². The molecule has 0 saturated carbocycles. The minimum Gasteiger partial charge on any atom is -0.322 e. The molecule has 3 aromatic rings. The Morgan fingerprint density at radius 1 is 1.12 bits per heavy atom. The summed E-state index contributed by atoms with van der Waals surface area (Å²) in [5.41, 5.74) is -0.947. The predicted molar refractivity (Wildman–Crippen MR) is 78.5 cm³/mol. The second-order valence-corrected chi connectivity index (χ2v) is 4.95. The molecule has 3 rings (SSSR count). The molecular weight excluding hydrogens is 342 g/mol. The van der Waals surface area contributed by atoms with Crippen LogP contribution in [0, 0.1) is 5.82 Å². The van der Waals surface area contributed by atoms with E-state index in [1.54, 1.807) is 0 Å². The topological polar surface area (TPSA) is 72.7 Å². The lowest BCUT2D eigenvalue weighted by molar-refractivity contribution is -0.137. The number of amides is 1. The van der Waals surface area contributed by atoms with Crippen molar-refractivity contribution in [3.05, 3.63) is 65.7 Å². The van der Waals surface area contributed by atoms with Crippen LogP contribution in [0.3, 0.4) is 0 Å². The number of rotatable bonds is 3. The first-order valence-electron chi connectivity index (χ1n) is 6.86. The Bertz CT molecular complexity index is 909. The molecule has 1 amide bonds. The van der Waals surface area contributed by atoms with Gasteiger partial charge in [0.25, 0.3) is 5.91 Å². The lowest BCUT2D eigenvalue weighted by Crippen LogP contribution is -2.16. The Morgan fingerprint density at radius 3 is 2.60 bits per heavy atom. The maximum Gasteiger partial charge on any atom is 0.416 e. The van der Waals surface area contributed by atoms with E-state index >= 15 is 0 Å². The molecule has 0 spiro atoms. The van der Waals surface area contributed by atoms with Crippen molar-refractivity contribution in [2.24, 2.45) is 0 Å². The first-order chi connectivity index (χ1) is 11.8. The van der Waals surface area contributed by atoms with Crippen LogP contribution in [0.2, 0.25) is 0 Å². The zero-order chi connectivity index (χ0) is 18.0. The van der Waals surface area contributed by atoms with Crippen LogP contribution >= 0.6 is 0 Å². The molecule has 0 aliphatic carbocycles. The molecule has 25 heavy (non-hydrogen) atoms. The highest BCUT2D eigenvalue weighted by Crippen LogP contribution is 2.30. The standard InChI is InChI=1S/C15H9F4N5O/c16-10-4-5-13(24-8-20-22-23-24)12(7-10)14(25)21-11-3-1-2-9(6-11)15(17,18)19/h1-8H,(H,21,25). The van der Waals surface area contributed by atoms with E-state index in [2.05, 4.69) is 20.8 Å². The first kappa shape index (κ1) is 16.6. The summed E-state index contributed by atoms with van der Waals surface area (Å²) in [7, 11) is 0. The van der Waals surface area contributed by atoms with Gasteiger partial charge in [-0.1, -0.05) is 6.07 Å². The van der Waals surface area contributed by atoms with Crippen molar-refractivity contribution >= 4 is 11.6 Å². The van der Waals surface area contributed by atoms with Crippen molar-refractivity contribution in [1.82, 2.24) is 20.2 Å². The third kappa shape index (κ3) is 3.62. The molecule has 0 saturated heterocycles. The van der Waals surface area contributed by atoms with Crippen LogP contribution < -0.4 is 5.32 Å². The van der Waals surface area contributed by atoms with Gasteiger partial charge in [-0.15, -0.1) is 5.10 Å². The Balaban J connectivity index is 1.93. The fourth-order valence-corrected chi connectivity index (χ4v) is 2.13. The second-order valence-electron chi connectivity index (χ2n) is 4.95. The molecule has 0 aliphatic rings. The molecule has 0 aliphatic heterocycles. The zero-order valence-electron chi connectivity index (χ0n) is 12.3. The lowest BCUT2D eigenvalue weighted by atomic mass is 10.1. The van der Waals surface area contributed by atoms with Crippen molar-refractivity contribution < 1.29 is 22.4 Å². The maximum absolute atomic E-state index is 13.5. The van der Waals surface area contributed by atoms with Crippen molar-refractivity contribution in [1.29, 1.82) is 0 Å². The van der Waals surface area contributed by atoms with Gasteiger partial charge < -0.3 is 5.32 Å². The van der Waals surface area contributed by atoms with Crippen molar-refractivity contribution in [2.45, 2.75) is 6.18 Å². The van der Waals surface area contributed by atoms with Crippen LogP contribution in [0.15, 0.2) is 48.8 Å². The number of benzene rings is 2. The maximum atomic E-state index is 13.5. The number of hydrogen-bond acceptors (Lipinski definition) is 4. The van der Waals surface area contributed by atoms with Gasteiger partial charge in [-0.3, -0.25) is 4.79 Å². The van der Waals surface area contributed by atoms with Gasteiger partial charge in [-0.05, 0) is 46.8 Å². The van der Waals surface area contributed by atoms with Crippen LogP contribution in [0.5, 0.6) is 0 Å². The lowest BCUT2D eigenvalue weighted by Gasteiger charge is -2.12. The molecule has 0 atom stereocenters. The summed E-state index contributed by atoms with van der Waals surface area (Å²) in [5, 5.41) is 12.8. The summed E-state index contributed by atoms with van der Waals surface area (Å²) in [6.07, 6.45) is -3.34. The molecule has 1 N–H and O–H groups in total. The summed E-state index contributed by atoms with van der Waals surface area (Å²) >= 11 is 0. The van der Waals surface area contributed by atoms with Gasteiger partial charge in [0.2, 0.25) is 0 Å². The van der Waals surface area contributed by atoms with E-state index in [1.807, 2.05) is 0 Å². The molecule has 0 fully saturated rings. The van der Waals surface area contributed by atoms with Gasteiger partial charge in [0, 0.05) is 5.69 Å². The van der Waals surface area contributed by atoms with Gasteiger partial charge in [-0.25, -0.2) is 4.39 Å². The molecule has 0 unspecified atom stereocenters. The molecule has 1 heterocycles. The average Bonchev–Trinajstić information content (AvgIpc) is 3.08. The van der Waals surface area contributed by atoms with Gasteiger partial charge in [0.15, 0.2) is 0 Å². The molecule has 128 valence electrons. The number of aromatic nitrogens is 4. The van der Waals surface area contributed by atoms with Crippen LogP contribution in [0.1, 0.15) is 15.9 Å². The smallest absolute Gasteiger partial charge is 0.322 e. The Labute approximate surface area is 138 Å². The van der Waals surface area contributed by atoms with E-state index in [9.17, 15) is 22.4 Å². The van der Waals surface area contributed by atoms with Gasteiger partial charge >= 0.3 is 6.18 Å². The zero-order valence-corrected chi connectivity index (χ0v) is 12.3. The largest absolute Gasteiger partial charge is 0.416 e. The van der Waals surface area contributed by atoms with E-state index in [-0.39, 0.29) is 16.9 Å². The quantitative estimate of drug-likeness (QED) is 0.736. The number of halogens is 4. The van der Waals surface area contributed by atoms with Crippen LogP contribution in [-0.4, -0.2) is 26.1 Å². The monoisotopic (exact) mass is 351 g/mol. The number of nitrogens with one attached hydrogen (secondary N) is 1. The molecular formula is C15H9F4N5O. The van der Waals surface area contributed by atoms with E-state index in [0.29, 0.717) is 0 Å². The SMILES string of the molecule is O=C(Nc1cccc(C(F)(F)F)c1)c1cc(F)ccc1-n1cnnn1. The fourth-order valence-electron chi connectivity index (χ4n) is 2.13. The number of carbonyl (C=O) groups is 1. The summed E-state index contributed by atoms with van der Waals surface area (Å²) in [4.78, 5) is 12.4. The second kappa shape index (κ2) is 6.30. The predicted octanol–water partition coefficient (Wildman–Crippen LogP) is 3.07. The van der Waals surface area contributed by atoms with Gasteiger partial charge in [0.05, 0.1) is 16.8 Å². The summed E-state index contributed by atoms with van der Waals surface area (Å²) in [6.45, 7) is 0. The summed E-state index contributed by atoms with van der Waals surface area (Å²) < 4.78 is 52.9. The first-order valence-corrected chi connectivity index (χ1v) is 6.86. The highest BCUT2D eigenvalue weighted by molar-refractivity contribution is 6.06. The third-order valence-corrected chi connectivity index (χ3v) is 3.25. The number of nitrogens with zero attached hydrogens (tertiary/aromatic N) is 4. The highest BCUT2D eigenvalue weighted by atomic mass is 19.4. The Morgan fingerprint density at radius 2 is 1.92 bits per heavy atom. The fraction of sp³-hybridized carbons (Fsp3) is 0.0667. The molecule has 6 nitrogen and oxygen atoms in total. The number of anilines is 1. The van der Waals surface area contributed by atoms with E-state index in [4.69, 9.17) is 0 Å². The minimum absolute atomic E-state index is 0.0771. The molecule has 2 aromatic carbocycles. The van der Waals surface area contributed by atoms with Crippen LogP contribution in [-0.2, 0) is 6.18 Å². The van der Waals surface area contributed by atoms with Gasteiger partial charge in [-0.2, -0.15) is 17.9 Å². The number of carbonyl (C=O) groups excluding carboxylic acids is 1. The van der Waals surface area contributed by atoms with Crippen molar-refractivity contribution in [3.63, 3.8) is 0 Å². The van der Waals surface area contributed by atoms with Crippen LogP contribution in [0.25, 0.3) is 5.69 Å². The van der Waals surface area contributed by atoms with Crippen molar-refractivity contribution in [3.8, 4) is 5.69 Å². The minimum atomic E-state index is -4.54. The number of hydrogen-bond donors (Lipinski definition) is 1. The molecule has 10 heteroatoms. The average molecular weight is 351 g/mol. The van der Waals surface area contributed by atoms with Crippen molar-refractivity contribution in [2.75, 3.05) is 5.32 Å².